The Morgan fingerprint density at radius 2 is 1.31 bits per heavy atom. The molecule has 2 amide bonds. The van der Waals surface area contributed by atoms with Crippen molar-refractivity contribution in [3.8, 4) is 0 Å². The lowest BCUT2D eigenvalue weighted by Crippen LogP contribution is -2.45. The molecule has 0 aliphatic carbocycles. The molecule has 0 saturated carbocycles. The summed E-state index contributed by atoms with van der Waals surface area (Å²) in [7, 11) is 0. The van der Waals surface area contributed by atoms with Gasteiger partial charge in [-0.1, -0.05) is 108 Å². The maximum absolute atomic E-state index is 14.3. The molecular formula is C34H24Cl2N2O4. The lowest BCUT2D eigenvalue weighted by atomic mass is 9.84. The number of benzene rings is 4. The first-order chi connectivity index (χ1) is 20.4. The van der Waals surface area contributed by atoms with Crippen LogP contribution in [0, 0.1) is 11.8 Å². The predicted octanol–water partition coefficient (Wildman–Crippen LogP) is 6.84. The summed E-state index contributed by atoms with van der Waals surface area (Å²) in [5, 5.41) is 0.597. The van der Waals surface area contributed by atoms with Gasteiger partial charge in [-0.15, -0.1) is 0 Å². The van der Waals surface area contributed by atoms with Crippen LogP contribution in [0.25, 0.3) is 6.08 Å². The summed E-state index contributed by atoms with van der Waals surface area (Å²) >= 11 is 12.5. The number of fused-ring (bicyclic) bond motifs is 5. The number of imide groups is 1. The van der Waals surface area contributed by atoms with Crippen LogP contribution in [0.4, 0.5) is 5.69 Å². The third-order valence-electron chi connectivity index (χ3n) is 8.25. The summed E-state index contributed by atoms with van der Waals surface area (Å²) in [6.07, 6.45) is 3.01. The highest BCUT2D eigenvalue weighted by Gasteiger charge is 2.65. The first kappa shape index (κ1) is 26.5. The standard InChI is InChI=1S/C34H24Cl2N2O4/c35-23-17-24(36)19-25(18-23)38-32(39)27-28(33(38)40)30(37-16-15-20-9-7-8-14-26(20)29(27)37)34(41)42-31(21-10-3-1-4-11-21)22-12-5-2-6-13-22/h1-19,27-31H/t27-,28+,29?,30-/m0/s1. The van der Waals surface area contributed by atoms with E-state index < -0.39 is 47.8 Å². The van der Waals surface area contributed by atoms with Crippen LogP contribution in [-0.4, -0.2) is 28.7 Å². The maximum Gasteiger partial charge on any atom is 0.330 e. The number of carbonyl (C=O) groups excluding carboxylic acids is 3. The number of anilines is 1. The van der Waals surface area contributed by atoms with Gasteiger partial charge in [0.25, 0.3) is 0 Å². The molecule has 4 atom stereocenters. The second-order valence-electron chi connectivity index (χ2n) is 10.6. The Morgan fingerprint density at radius 3 is 1.95 bits per heavy atom. The lowest BCUT2D eigenvalue weighted by molar-refractivity contribution is -0.155. The smallest absolute Gasteiger partial charge is 0.330 e. The normalized spacial score (nSPS) is 22.3. The van der Waals surface area contributed by atoms with Gasteiger partial charge in [0.2, 0.25) is 11.8 Å². The molecule has 0 bridgehead atoms. The fourth-order valence-corrected chi connectivity index (χ4v) is 7.03. The van der Waals surface area contributed by atoms with Crippen LogP contribution in [0.1, 0.15) is 34.4 Å². The highest BCUT2D eigenvalue weighted by Crippen LogP contribution is 2.54. The van der Waals surface area contributed by atoms with Crippen molar-refractivity contribution in [1.82, 2.24) is 4.90 Å². The highest BCUT2D eigenvalue weighted by atomic mass is 35.5. The molecule has 8 heteroatoms. The summed E-state index contributed by atoms with van der Waals surface area (Å²) in [6, 6.07) is 29.7. The number of esters is 1. The first-order valence-corrected chi connectivity index (χ1v) is 14.4. The summed E-state index contributed by atoms with van der Waals surface area (Å²) in [5.74, 6) is -3.26. The van der Waals surface area contributed by atoms with E-state index >= 15 is 0 Å². The first-order valence-electron chi connectivity index (χ1n) is 13.6. The molecule has 4 aromatic carbocycles. The molecule has 3 heterocycles. The van der Waals surface area contributed by atoms with Gasteiger partial charge < -0.3 is 9.64 Å². The SMILES string of the molecule is O=C(OC(c1ccccc1)c1ccccc1)[C@@H]1[C@@H]2C(=O)N(c3cc(Cl)cc(Cl)c3)C(=O)[C@@H]2C2c3ccccc3C=CN21. The van der Waals surface area contributed by atoms with Crippen molar-refractivity contribution >= 4 is 52.7 Å². The van der Waals surface area contributed by atoms with Crippen LogP contribution in [0.2, 0.25) is 10.0 Å². The van der Waals surface area contributed by atoms with E-state index in [2.05, 4.69) is 0 Å². The van der Waals surface area contributed by atoms with E-state index in [-0.39, 0.29) is 5.69 Å². The molecule has 1 unspecified atom stereocenters. The molecule has 3 aliphatic rings. The Balaban J connectivity index is 1.32. The van der Waals surface area contributed by atoms with E-state index in [4.69, 9.17) is 27.9 Å². The van der Waals surface area contributed by atoms with Crippen molar-refractivity contribution < 1.29 is 19.1 Å². The Morgan fingerprint density at radius 1 is 0.738 bits per heavy atom. The molecule has 4 aromatic rings. The third-order valence-corrected chi connectivity index (χ3v) is 8.68. The van der Waals surface area contributed by atoms with Gasteiger partial charge in [-0.05, 0) is 46.5 Å². The van der Waals surface area contributed by atoms with E-state index in [0.717, 1.165) is 27.2 Å². The molecule has 0 radical (unpaired) electrons. The van der Waals surface area contributed by atoms with Crippen LogP contribution < -0.4 is 4.90 Å². The number of carbonyl (C=O) groups is 3. The average molecular weight is 595 g/mol. The van der Waals surface area contributed by atoms with Gasteiger partial charge in [0.1, 0.15) is 6.04 Å². The van der Waals surface area contributed by atoms with Gasteiger partial charge in [0.05, 0.1) is 23.6 Å². The summed E-state index contributed by atoms with van der Waals surface area (Å²) < 4.78 is 6.28. The molecule has 208 valence electrons. The molecular weight excluding hydrogens is 571 g/mol. The summed E-state index contributed by atoms with van der Waals surface area (Å²) in [6.45, 7) is 0. The minimum absolute atomic E-state index is 0.279. The molecule has 6 nitrogen and oxygen atoms in total. The van der Waals surface area contributed by atoms with Crippen LogP contribution in [0.3, 0.4) is 0 Å². The van der Waals surface area contributed by atoms with Gasteiger partial charge in [0, 0.05) is 16.2 Å². The van der Waals surface area contributed by atoms with Crippen LogP contribution in [-0.2, 0) is 19.1 Å². The number of amides is 2. The van der Waals surface area contributed by atoms with Gasteiger partial charge in [-0.3, -0.25) is 9.59 Å². The van der Waals surface area contributed by atoms with Crippen molar-refractivity contribution in [2.75, 3.05) is 4.90 Å². The summed E-state index contributed by atoms with van der Waals surface area (Å²) in [4.78, 5) is 45.6. The second-order valence-corrected chi connectivity index (χ2v) is 11.5. The van der Waals surface area contributed by atoms with Crippen LogP contribution >= 0.6 is 23.2 Å². The molecule has 0 aromatic heterocycles. The number of halogens is 2. The van der Waals surface area contributed by atoms with Gasteiger partial charge in [-0.25, -0.2) is 9.69 Å². The number of hydrogen-bond donors (Lipinski definition) is 0. The fraction of sp³-hybridized carbons (Fsp3) is 0.147. The maximum atomic E-state index is 14.3. The topological polar surface area (TPSA) is 66.9 Å². The van der Waals surface area contributed by atoms with E-state index in [1.807, 2.05) is 95.9 Å². The highest BCUT2D eigenvalue weighted by molar-refractivity contribution is 6.35. The van der Waals surface area contributed by atoms with Gasteiger partial charge >= 0.3 is 5.97 Å². The minimum atomic E-state index is -1.03. The largest absolute Gasteiger partial charge is 0.451 e. The van der Waals surface area contributed by atoms with Crippen LogP contribution in [0.15, 0.2) is 109 Å². The molecule has 2 saturated heterocycles. The van der Waals surface area contributed by atoms with E-state index in [1.165, 1.54) is 18.2 Å². The average Bonchev–Trinajstić information content (AvgIpc) is 3.48. The quantitative estimate of drug-likeness (QED) is 0.187. The van der Waals surface area contributed by atoms with E-state index in [9.17, 15) is 14.4 Å². The molecule has 0 N–H and O–H groups in total. The predicted molar refractivity (Wildman–Crippen MR) is 161 cm³/mol. The fourth-order valence-electron chi connectivity index (χ4n) is 6.52. The van der Waals surface area contributed by atoms with Crippen molar-refractivity contribution in [3.63, 3.8) is 0 Å². The molecule has 0 spiro atoms. The Labute approximate surface area is 252 Å². The van der Waals surface area contributed by atoms with E-state index in [1.54, 1.807) is 6.20 Å². The zero-order valence-corrected chi connectivity index (χ0v) is 23.7. The minimum Gasteiger partial charge on any atom is -0.451 e. The summed E-state index contributed by atoms with van der Waals surface area (Å²) in [5.41, 5.74) is 3.68. The molecule has 2 fully saturated rings. The Bertz CT molecular complexity index is 1680. The number of ether oxygens (including phenoxy) is 1. The van der Waals surface area contributed by atoms with Crippen molar-refractivity contribution in [3.05, 3.63) is 142 Å². The number of nitrogens with zero attached hydrogens (tertiary/aromatic N) is 2. The van der Waals surface area contributed by atoms with Gasteiger partial charge in [0.15, 0.2) is 6.10 Å². The van der Waals surface area contributed by atoms with Crippen LogP contribution in [0.5, 0.6) is 0 Å². The van der Waals surface area contributed by atoms with E-state index in [0.29, 0.717) is 10.0 Å². The zero-order valence-electron chi connectivity index (χ0n) is 22.1. The molecule has 42 heavy (non-hydrogen) atoms. The third kappa shape index (κ3) is 4.30. The van der Waals surface area contributed by atoms with Crippen molar-refractivity contribution in [2.45, 2.75) is 18.2 Å². The van der Waals surface area contributed by atoms with Gasteiger partial charge in [-0.2, -0.15) is 0 Å². The number of rotatable bonds is 5. The zero-order chi connectivity index (χ0) is 29.0. The second kappa shape index (κ2) is 10.5. The molecule has 7 rings (SSSR count). The Kier molecular flexibility index (Phi) is 6.60. The Hall–Kier alpha value is -4.39. The van der Waals surface area contributed by atoms with Crippen molar-refractivity contribution in [1.29, 1.82) is 0 Å². The number of hydrogen-bond acceptors (Lipinski definition) is 5. The molecule has 3 aliphatic heterocycles. The monoisotopic (exact) mass is 594 g/mol. The lowest BCUT2D eigenvalue weighted by Gasteiger charge is -2.35. The van der Waals surface area contributed by atoms with Crippen molar-refractivity contribution in [2.24, 2.45) is 11.8 Å².